The van der Waals surface area contributed by atoms with Crippen molar-refractivity contribution in [3.8, 4) is 0 Å². The monoisotopic (exact) mass is 386 g/mol. The summed E-state index contributed by atoms with van der Waals surface area (Å²) in [5.74, 6) is -0.149. The number of morpholine rings is 1. The second-order valence-electron chi connectivity index (χ2n) is 6.95. The summed E-state index contributed by atoms with van der Waals surface area (Å²) in [5, 5.41) is 10.3. The predicted octanol–water partition coefficient (Wildman–Crippen LogP) is 3.07. The Balaban J connectivity index is 1.35. The van der Waals surface area contributed by atoms with E-state index in [9.17, 15) is 4.79 Å². The number of thiazole rings is 1. The van der Waals surface area contributed by atoms with Crippen molar-refractivity contribution in [2.75, 3.05) is 18.4 Å². The minimum absolute atomic E-state index is 0.149. The molecule has 1 aliphatic heterocycles. The van der Waals surface area contributed by atoms with E-state index in [2.05, 4.69) is 34.2 Å². The topological polar surface area (TPSA) is 80.5 Å². The van der Waals surface area contributed by atoms with E-state index >= 15 is 0 Å². The quantitative estimate of drug-likeness (QED) is 0.726. The molecule has 8 heteroatoms. The highest BCUT2D eigenvalue weighted by Gasteiger charge is 2.23. The summed E-state index contributed by atoms with van der Waals surface area (Å²) in [7, 11) is 0. The average molecular weight is 386 g/mol. The Morgan fingerprint density at radius 2 is 2.07 bits per heavy atom. The molecule has 27 heavy (non-hydrogen) atoms. The van der Waals surface area contributed by atoms with Crippen LogP contribution in [0.1, 0.15) is 25.2 Å². The summed E-state index contributed by atoms with van der Waals surface area (Å²) in [4.78, 5) is 19.2. The Labute approximate surface area is 161 Å². The van der Waals surface area contributed by atoms with Crippen molar-refractivity contribution < 1.29 is 14.1 Å². The van der Waals surface area contributed by atoms with Gasteiger partial charge in [-0.3, -0.25) is 9.69 Å². The maximum Gasteiger partial charge on any atom is 0.232 e. The van der Waals surface area contributed by atoms with Crippen molar-refractivity contribution in [3.05, 3.63) is 41.0 Å². The number of carbonyl (C=O) groups excluding carboxylic acids is 1. The first kappa shape index (κ1) is 18.1. The molecule has 0 aliphatic carbocycles. The maximum atomic E-state index is 12.4. The molecule has 2 aromatic heterocycles. The summed E-state index contributed by atoms with van der Waals surface area (Å²) in [6.45, 7) is 6.72. The van der Waals surface area contributed by atoms with Gasteiger partial charge in [0.25, 0.3) is 0 Å². The van der Waals surface area contributed by atoms with Crippen LogP contribution in [0.2, 0.25) is 0 Å². The van der Waals surface area contributed by atoms with Gasteiger partial charge in [0.1, 0.15) is 5.69 Å². The van der Waals surface area contributed by atoms with E-state index in [0.717, 1.165) is 30.7 Å². The lowest BCUT2D eigenvalue weighted by molar-refractivity contribution is -0.115. The van der Waals surface area contributed by atoms with Gasteiger partial charge in [-0.2, -0.15) is 0 Å². The molecule has 1 saturated heterocycles. The van der Waals surface area contributed by atoms with Crippen LogP contribution in [0.25, 0.3) is 11.0 Å². The molecule has 0 spiro atoms. The molecule has 1 amide bonds. The van der Waals surface area contributed by atoms with Gasteiger partial charge in [0, 0.05) is 30.4 Å². The van der Waals surface area contributed by atoms with Gasteiger partial charge in [-0.25, -0.2) is 4.98 Å². The summed E-state index contributed by atoms with van der Waals surface area (Å²) < 4.78 is 11.0. The Hall–Kier alpha value is -2.29. The van der Waals surface area contributed by atoms with E-state index in [0.29, 0.717) is 16.4 Å². The smallest absolute Gasteiger partial charge is 0.232 e. The molecule has 3 aromatic rings. The van der Waals surface area contributed by atoms with Crippen molar-refractivity contribution in [2.24, 2.45) is 0 Å². The van der Waals surface area contributed by atoms with Gasteiger partial charge in [0.05, 0.1) is 24.3 Å². The Kier molecular flexibility index (Phi) is 5.20. The van der Waals surface area contributed by atoms with Crippen molar-refractivity contribution >= 4 is 33.3 Å². The second kappa shape index (κ2) is 7.75. The summed E-state index contributed by atoms with van der Waals surface area (Å²) >= 11 is 1.44. The van der Waals surface area contributed by atoms with Gasteiger partial charge in [-0.1, -0.05) is 17.3 Å². The first-order chi connectivity index (χ1) is 13.1. The molecule has 1 fully saturated rings. The first-order valence-corrected chi connectivity index (χ1v) is 9.90. The number of fused-ring (bicyclic) bond motifs is 1. The molecular weight excluding hydrogens is 364 g/mol. The largest absolute Gasteiger partial charge is 0.373 e. The second-order valence-corrected chi connectivity index (χ2v) is 7.80. The van der Waals surface area contributed by atoms with Crippen LogP contribution in [-0.4, -0.2) is 46.2 Å². The number of nitrogens with one attached hydrogen (secondary N) is 1. The lowest BCUT2D eigenvalue weighted by Crippen LogP contribution is -2.44. The lowest BCUT2D eigenvalue weighted by atomic mass is 10.2. The molecule has 1 N–H and O–H groups in total. The highest BCUT2D eigenvalue weighted by Crippen LogP contribution is 2.21. The Morgan fingerprint density at radius 3 is 2.89 bits per heavy atom. The fourth-order valence-electron chi connectivity index (χ4n) is 3.46. The van der Waals surface area contributed by atoms with Crippen molar-refractivity contribution in [2.45, 2.75) is 39.0 Å². The molecule has 0 radical (unpaired) electrons. The molecule has 7 nitrogen and oxygen atoms in total. The van der Waals surface area contributed by atoms with E-state index in [1.54, 1.807) is 0 Å². The van der Waals surface area contributed by atoms with Gasteiger partial charge in [-0.05, 0) is 26.0 Å². The number of hydrogen-bond acceptors (Lipinski definition) is 7. The molecule has 1 aromatic carbocycles. The predicted molar refractivity (Wildman–Crippen MR) is 104 cm³/mol. The summed E-state index contributed by atoms with van der Waals surface area (Å²) in [6, 6.07) is 7.52. The van der Waals surface area contributed by atoms with Crippen LogP contribution < -0.4 is 5.32 Å². The van der Waals surface area contributed by atoms with Crippen molar-refractivity contribution in [1.29, 1.82) is 0 Å². The number of para-hydroxylation sites is 1. The Morgan fingerprint density at radius 1 is 1.30 bits per heavy atom. The number of aromatic nitrogens is 2. The average Bonchev–Trinajstić information content (AvgIpc) is 3.21. The van der Waals surface area contributed by atoms with Gasteiger partial charge in [0.2, 0.25) is 5.91 Å². The number of ether oxygens (including phenoxy) is 1. The minimum Gasteiger partial charge on any atom is -0.373 e. The lowest BCUT2D eigenvalue weighted by Gasteiger charge is -2.34. The summed E-state index contributed by atoms with van der Waals surface area (Å²) in [5.41, 5.74) is 2.28. The Bertz CT molecular complexity index is 928. The molecule has 0 saturated carbocycles. The molecule has 3 heterocycles. The number of amides is 1. The number of carbonyl (C=O) groups is 1. The maximum absolute atomic E-state index is 12.4. The van der Waals surface area contributed by atoms with E-state index in [-0.39, 0.29) is 24.5 Å². The number of benzene rings is 1. The molecule has 2 unspecified atom stereocenters. The zero-order valence-corrected chi connectivity index (χ0v) is 16.2. The van der Waals surface area contributed by atoms with Crippen LogP contribution in [0.5, 0.6) is 0 Å². The van der Waals surface area contributed by atoms with Crippen LogP contribution in [-0.2, 0) is 22.5 Å². The molecule has 0 bridgehead atoms. The van der Waals surface area contributed by atoms with E-state index in [4.69, 9.17) is 9.26 Å². The van der Waals surface area contributed by atoms with Gasteiger partial charge < -0.3 is 14.6 Å². The summed E-state index contributed by atoms with van der Waals surface area (Å²) in [6.07, 6.45) is 0.609. The molecule has 1 aliphatic rings. The normalized spacial score (nSPS) is 20.8. The van der Waals surface area contributed by atoms with Crippen LogP contribution in [0.15, 0.2) is 34.2 Å². The number of rotatable bonds is 5. The van der Waals surface area contributed by atoms with Crippen LogP contribution in [0.4, 0.5) is 5.13 Å². The standard InChI is InChI=1S/C19H22N4O3S/c1-12-8-23(9-13(2)25-12)10-14-11-27-19(20-14)21-18(24)7-16-15-5-3-4-6-17(15)26-22-16/h3-6,11-13H,7-10H2,1-2H3,(H,20,21,24). The highest BCUT2D eigenvalue weighted by atomic mass is 32.1. The third kappa shape index (κ3) is 4.35. The molecule has 142 valence electrons. The first-order valence-electron chi connectivity index (χ1n) is 9.02. The van der Waals surface area contributed by atoms with Gasteiger partial charge >= 0.3 is 0 Å². The number of anilines is 1. The molecule has 4 rings (SSSR count). The van der Waals surface area contributed by atoms with Crippen LogP contribution in [0.3, 0.4) is 0 Å². The minimum atomic E-state index is -0.149. The van der Waals surface area contributed by atoms with E-state index in [1.807, 2.05) is 29.6 Å². The van der Waals surface area contributed by atoms with Gasteiger partial charge in [-0.15, -0.1) is 11.3 Å². The fraction of sp³-hybridized carbons (Fsp3) is 0.421. The van der Waals surface area contributed by atoms with Crippen LogP contribution >= 0.6 is 11.3 Å². The highest BCUT2D eigenvalue weighted by molar-refractivity contribution is 7.13. The third-order valence-corrected chi connectivity index (χ3v) is 5.27. The van der Waals surface area contributed by atoms with Crippen LogP contribution in [0, 0.1) is 0 Å². The van der Waals surface area contributed by atoms with Gasteiger partial charge in [0.15, 0.2) is 10.7 Å². The SMILES string of the molecule is CC1CN(Cc2csc(NC(=O)Cc3noc4ccccc34)n2)CC(C)O1. The molecule has 2 atom stereocenters. The van der Waals surface area contributed by atoms with Crippen molar-refractivity contribution in [1.82, 2.24) is 15.0 Å². The van der Waals surface area contributed by atoms with E-state index < -0.39 is 0 Å². The number of nitrogens with zero attached hydrogens (tertiary/aromatic N) is 3. The third-order valence-electron chi connectivity index (χ3n) is 4.46. The zero-order chi connectivity index (χ0) is 18.8. The molecular formula is C19H22N4O3S. The number of hydrogen-bond donors (Lipinski definition) is 1. The fourth-order valence-corrected chi connectivity index (χ4v) is 4.18. The van der Waals surface area contributed by atoms with E-state index in [1.165, 1.54) is 11.3 Å². The zero-order valence-electron chi connectivity index (χ0n) is 15.3. The van der Waals surface area contributed by atoms with Crippen molar-refractivity contribution in [3.63, 3.8) is 0 Å².